The number of hydrogen-bond donors (Lipinski definition) is 1. The molecule has 0 fully saturated rings. The first-order valence-electron chi connectivity index (χ1n) is 7.63. The van der Waals surface area contributed by atoms with Crippen molar-refractivity contribution in [3.05, 3.63) is 65.2 Å². The summed E-state index contributed by atoms with van der Waals surface area (Å²) in [7, 11) is 0. The first-order chi connectivity index (χ1) is 11.0. The summed E-state index contributed by atoms with van der Waals surface area (Å²) in [6, 6.07) is 14.4. The molecule has 0 bridgehead atoms. The van der Waals surface area contributed by atoms with Gasteiger partial charge in [0.2, 0.25) is 0 Å². The van der Waals surface area contributed by atoms with Crippen LogP contribution in [0.25, 0.3) is 0 Å². The van der Waals surface area contributed by atoms with Crippen LogP contribution in [-0.2, 0) is 17.6 Å². The summed E-state index contributed by atoms with van der Waals surface area (Å²) < 4.78 is 5.27. The van der Waals surface area contributed by atoms with Crippen LogP contribution in [0.5, 0.6) is 5.75 Å². The van der Waals surface area contributed by atoms with E-state index < -0.39 is 11.9 Å². The second kappa shape index (κ2) is 7.58. The van der Waals surface area contributed by atoms with E-state index >= 15 is 0 Å². The van der Waals surface area contributed by atoms with Gasteiger partial charge in [0.1, 0.15) is 5.75 Å². The van der Waals surface area contributed by atoms with Crippen molar-refractivity contribution in [3.8, 4) is 5.75 Å². The minimum atomic E-state index is -0.619. The van der Waals surface area contributed by atoms with Crippen molar-refractivity contribution in [2.75, 3.05) is 0 Å². The molecule has 0 aliphatic heterocycles. The fourth-order valence-electron chi connectivity index (χ4n) is 2.35. The Hall–Kier alpha value is -2.62. The summed E-state index contributed by atoms with van der Waals surface area (Å²) in [5.41, 5.74) is 7.59. The zero-order chi connectivity index (χ0) is 16.8. The lowest BCUT2D eigenvalue weighted by atomic mass is 10.0. The molecule has 0 radical (unpaired) electrons. The Morgan fingerprint density at radius 2 is 1.61 bits per heavy atom. The predicted molar refractivity (Wildman–Crippen MR) is 89.3 cm³/mol. The van der Waals surface area contributed by atoms with Gasteiger partial charge in [-0.15, -0.1) is 0 Å². The molecule has 0 unspecified atom stereocenters. The van der Waals surface area contributed by atoms with Gasteiger partial charge in [0.25, 0.3) is 5.91 Å². The van der Waals surface area contributed by atoms with Gasteiger partial charge in [-0.3, -0.25) is 9.59 Å². The van der Waals surface area contributed by atoms with E-state index in [1.807, 2.05) is 24.3 Å². The molecule has 120 valence electrons. The quantitative estimate of drug-likeness (QED) is 0.658. The maximum Gasteiger partial charge on any atom is 0.315 e. The molecule has 2 N–H and O–H groups in total. The number of primary amides is 1. The molecule has 23 heavy (non-hydrogen) atoms. The van der Waals surface area contributed by atoms with Crippen LogP contribution in [0.1, 0.15) is 35.3 Å². The zero-order valence-corrected chi connectivity index (χ0v) is 13.4. The normalized spacial score (nSPS) is 10.6. The van der Waals surface area contributed by atoms with E-state index in [1.165, 1.54) is 11.6 Å². The van der Waals surface area contributed by atoms with Gasteiger partial charge in [0, 0.05) is 0 Å². The molecule has 0 saturated carbocycles. The van der Waals surface area contributed by atoms with E-state index in [1.54, 1.807) is 18.2 Å². The third kappa shape index (κ3) is 4.95. The number of para-hydroxylation sites is 1. The van der Waals surface area contributed by atoms with Crippen LogP contribution in [0.2, 0.25) is 0 Å². The third-order valence-corrected chi connectivity index (χ3v) is 3.39. The first-order valence-corrected chi connectivity index (χ1v) is 7.63. The molecular formula is C19H21NO3. The van der Waals surface area contributed by atoms with E-state index in [0.29, 0.717) is 5.92 Å². The summed E-state index contributed by atoms with van der Waals surface area (Å²) >= 11 is 0. The number of amides is 1. The standard InChI is InChI=1S/C19H21NO3/c1-13(2)11-14-7-9-15(10-8-14)12-18(21)23-17-6-4-3-5-16(17)19(20)22/h3-10,13H,11-12H2,1-2H3,(H2,20,22). The molecule has 4 nitrogen and oxygen atoms in total. The smallest absolute Gasteiger partial charge is 0.315 e. The topological polar surface area (TPSA) is 69.4 Å². The van der Waals surface area contributed by atoms with Crippen LogP contribution in [0.4, 0.5) is 0 Å². The van der Waals surface area contributed by atoms with E-state index in [9.17, 15) is 9.59 Å². The van der Waals surface area contributed by atoms with Gasteiger partial charge in [-0.2, -0.15) is 0 Å². The molecule has 0 heterocycles. The van der Waals surface area contributed by atoms with Crippen molar-refractivity contribution in [2.45, 2.75) is 26.7 Å². The van der Waals surface area contributed by atoms with Crippen molar-refractivity contribution in [1.82, 2.24) is 0 Å². The highest BCUT2D eigenvalue weighted by Gasteiger charge is 2.13. The number of hydrogen-bond acceptors (Lipinski definition) is 3. The molecule has 1 amide bonds. The summed E-state index contributed by atoms with van der Waals surface area (Å²) in [5, 5.41) is 0. The van der Waals surface area contributed by atoms with E-state index in [4.69, 9.17) is 10.5 Å². The number of nitrogens with two attached hydrogens (primary N) is 1. The lowest BCUT2D eigenvalue weighted by molar-refractivity contribution is -0.133. The summed E-state index contributed by atoms with van der Waals surface area (Å²) in [6.07, 6.45) is 1.16. The Balaban J connectivity index is 2.01. The molecule has 0 aliphatic rings. The van der Waals surface area contributed by atoms with Crippen LogP contribution in [0.3, 0.4) is 0 Å². The van der Waals surface area contributed by atoms with Crippen molar-refractivity contribution < 1.29 is 14.3 Å². The molecule has 4 heteroatoms. The monoisotopic (exact) mass is 311 g/mol. The maximum absolute atomic E-state index is 12.0. The summed E-state index contributed by atoms with van der Waals surface area (Å²) in [4.78, 5) is 23.4. The lowest BCUT2D eigenvalue weighted by Crippen LogP contribution is -2.17. The zero-order valence-electron chi connectivity index (χ0n) is 13.4. The number of rotatable bonds is 6. The fraction of sp³-hybridized carbons (Fsp3) is 0.263. The Morgan fingerprint density at radius 1 is 1.00 bits per heavy atom. The molecule has 2 rings (SSSR count). The van der Waals surface area contributed by atoms with Crippen molar-refractivity contribution in [1.29, 1.82) is 0 Å². The summed E-state index contributed by atoms with van der Waals surface area (Å²) in [6.45, 7) is 4.34. The number of carbonyl (C=O) groups excluding carboxylic acids is 2. The van der Waals surface area contributed by atoms with Gasteiger partial charge in [0.15, 0.2) is 0 Å². The highest BCUT2D eigenvalue weighted by Crippen LogP contribution is 2.18. The number of benzene rings is 2. The van der Waals surface area contributed by atoms with Crippen molar-refractivity contribution in [2.24, 2.45) is 11.7 Å². The molecule has 0 saturated heterocycles. The highest BCUT2D eigenvalue weighted by atomic mass is 16.5. The highest BCUT2D eigenvalue weighted by molar-refractivity contribution is 5.96. The Bertz CT molecular complexity index is 690. The van der Waals surface area contributed by atoms with Crippen LogP contribution >= 0.6 is 0 Å². The van der Waals surface area contributed by atoms with Crippen molar-refractivity contribution in [3.63, 3.8) is 0 Å². The average molecular weight is 311 g/mol. The average Bonchev–Trinajstić information content (AvgIpc) is 2.49. The molecule has 2 aromatic rings. The Kier molecular flexibility index (Phi) is 5.52. The molecule has 0 spiro atoms. The third-order valence-electron chi connectivity index (χ3n) is 3.39. The number of carbonyl (C=O) groups is 2. The largest absolute Gasteiger partial charge is 0.425 e. The molecular weight excluding hydrogens is 290 g/mol. The summed E-state index contributed by atoms with van der Waals surface area (Å²) in [5.74, 6) is -0.251. The SMILES string of the molecule is CC(C)Cc1ccc(CC(=O)Oc2ccccc2C(N)=O)cc1. The van der Waals surface area contributed by atoms with E-state index in [-0.39, 0.29) is 17.7 Å². The van der Waals surface area contributed by atoms with Gasteiger partial charge in [-0.25, -0.2) is 0 Å². The van der Waals surface area contributed by atoms with Gasteiger partial charge in [-0.1, -0.05) is 50.2 Å². The fourth-order valence-corrected chi connectivity index (χ4v) is 2.35. The second-order valence-corrected chi connectivity index (χ2v) is 5.93. The van der Waals surface area contributed by atoms with Crippen LogP contribution in [-0.4, -0.2) is 11.9 Å². The lowest BCUT2D eigenvalue weighted by Gasteiger charge is -2.09. The minimum Gasteiger partial charge on any atom is -0.425 e. The van der Waals surface area contributed by atoms with Crippen LogP contribution < -0.4 is 10.5 Å². The second-order valence-electron chi connectivity index (χ2n) is 5.93. The minimum absolute atomic E-state index is 0.148. The van der Waals surface area contributed by atoms with Gasteiger partial charge in [-0.05, 0) is 35.6 Å². The molecule has 0 aromatic heterocycles. The molecule has 2 aromatic carbocycles. The van der Waals surface area contributed by atoms with Crippen LogP contribution in [0.15, 0.2) is 48.5 Å². The Labute approximate surface area is 136 Å². The molecule has 0 atom stereocenters. The predicted octanol–water partition coefficient (Wildman–Crippen LogP) is 3.13. The molecule has 0 aliphatic carbocycles. The number of ether oxygens (including phenoxy) is 1. The Morgan fingerprint density at radius 3 is 2.22 bits per heavy atom. The van der Waals surface area contributed by atoms with Crippen LogP contribution in [0, 0.1) is 5.92 Å². The van der Waals surface area contributed by atoms with Gasteiger partial charge >= 0.3 is 5.97 Å². The maximum atomic E-state index is 12.0. The van der Waals surface area contributed by atoms with Gasteiger partial charge < -0.3 is 10.5 Å². The first kappa shape index (κ1) is 16.7. The number of esters is 1. The van der Waals surface area contributed by atoms with Crippen molar-refractivity contribution >= 4 is 11.9 Å². The van der Waals surface area contributed by atoms with E-state index in [2.05, 4.69) is 13.8 Å². The van der Waals surface area contributed by atoms with Gasteiger partial charge in [0.05, 0.1) is 12.0 Å². The van der Waals surface area contributed by atoms with E-state index in [0.717, 1.165) is 12.0 Å².